The van der Waals surface area contributed by atoms with Crippen LogP contribution in [0.1, 0.15) is 5.56 Å². The molecule has 0 spiro atoms. The molecule has 0 aliphatic rings. The summed E-state index contributed by atoms with van der Waals surface area (Å²) in [5, 5.41) is 7.73. The van der Waals surface area contributed by atoms with E-state index in [4.69, 9.17) is 11.1 Å². The predicted octanol–water partition coefficient (Wildman–Crippen LogP) is 0.986. The smallest absolute Gasteiger partial charge is 0.153 e. The average molecular weight is 178 g/mol. The molecule has 0 fully saturated rings. The van der Waals surface area contributed by atoms with Gasteiger partial charge in [0, 0.05) is 11.6 Å². The van der Waals surface area contributed by atoms with Gasteiger partial charge in [0.2, 0.25) is 0 Å². The quantitative estimate of drug-likeness (QED) is 0.449. The molecule has 2 rings (SSSR count). The second kappa shape index (κ2) is 2.55. The van der Waals surface area contributed by atoms with E-state index in [1.165, 1.54) is 0 Å². The van der Waals surface area contributed by atoms with Crippen LogP contribution in [-0.2, 0) is 0 Å². The first-order chi connectivity index (χ1) is 6.20. The largest absolute Gasteiger partial charge is 0.384 e. The average Bonchev–Trinajstić information content (AvgIpc) is 2.50. The first-order valence-electron chi connectivity index (χ1n) is 3.66. The van der Waals surface area contributed by atoms with Gasteiger partial charge < -0.3 is 10.7 Å². The molecular weight excluding hydrogens is 171 g/mol. The Labute approximate surface area is 73.1 Å². The lowest BCUT2D eigenvalue weighted by Gasteiger charge is -2.00. The molecule has 0 aromatic carbocycles. The Morgan fingerprint density at radius 1 is 1.62 bits per heavy atom. The second-order valence-electron chi connectivity index (χ2n) is 2.63. The van der Waals surface area contributed by atoms with Gasteiger partial charge in [-0.2, -0.15) is 0 Å². The van der Waals surface area contributed by atoms with Crippen LogP contribution in [0.4, 0.5) is 4.39 Å². The molecule has 0 saturated heterocycles. The summed E-state index contributed by atoms with van der Waals surface area (Å²) in [5.74, 6) is -0.857. The molecule has 0 saturated carbocycles. The SMILES string of the molecule is N=C(N)c1c(F)cnc2[nH]ccc12. The third-order valence-corrected chi connectivity index (χ3v) is 1.81. The summed E-state index contributed by atoms with van der Waals surface area (Å²) in [7, 11) is 0. The van der Waals surface area contributed by atoms with Gasteiger partial charge in [-0.1, -0.05) is 0 Å². The van der Waals surface area contributed by atoms with E-state index in [-0.39, 0.29) is 11.4 Å². The van der Waals surface area contributed by atoms with Crippen LogP contribution in [0.25, 0.3) is 11.0 Å². The van der Waals surface area contributed by atoms with E-state index in [1.807, 2.05) is 0 Å². The summed E-state index contributed by atoms with van der Waals surface area (Å²) >= 11 is 0. The standard InChI is InChI=1S/C8H7FN4/c9-5-3-13-8-4(1-2-12-8)6(5)7(10)11/h1-3H,(H3,10,11)(H,12,13). The van der Waals surface area contributed by atoms with E-state index >= 15 is 0 Å². The Morgan fingerprint density at radius 2 is 2.38 bits per heavy atom. The maximum atomic E-state index is 13.2. The Bertz CT molecular complexity index is 474. The molecular formula is C8H7FN4. The molecule has 5 heteroatoms. The Hall–Kier alpha value is -1.91. The summed E-state index contributed by atoms with van der Waals surface area (Å²) in [5.41, 5.74) is 5.88. The highest BCUT2D eigenvalue weighted by Crippen LogP contribution is 2.17. The van der Waals surface area contributed by atoms with Gasteiger partial charge in [-0.05, 0) is 6.07 Å². The topological polar surface area (TPSA) is 78.6 Å². The van der Waals surface area contributed by atoms with Gasteiger partial charge in [0.25, 0.3) is 0 Å². The van der Waals surface area contributed by atoms with Gasteiger partial charge in [0.1, 0.15) is 11.5 Å². The number of nitrogen functional groups attached to an aromatic ring is 1. The van der Waals surface area contributed by atoms with E-state index < -0.39 is 5.82 Å². The molecule has 0 bridgehead atoms. The number of halogens is 1. The van der Waals surface area contributed by atoms with Crippen LogP contribution in [0.3, 0.4) is 0 Å². The lowest BCUT2D eigenvalue weighted by atomic mass is 10.1. The van der Waals surface area contributed by atoms with Gasteiger partial charge in [0.15, 0.2) is 5.82 Å². The lowest BCUT2D eigenvalue weighted by molar-refractivity contribution is 0.621. The van der Waals surface area contributed by atoms with Crippen LogP contribution in [0.2, 0.25) is 0 Å². The fraction of sp³-hybridized carbons (Fsp3) is 0. The lowest BCUT2D eigenvalue weighted by Crippen LogP contribution is -2.13. The number of aromatic amines is 1. The Morgan fingerprint density at radius 3 is 3.08 bits per heavy atom. The first kappa shape index (κ1) is 7.72. The van der Waals surface area contributed by atoms with Crippen molar-refractivity contribution in [2.45, 2.75) is 0 Å². The van der Waals surface area contributed by atoms with Crippen LogP contribution in [0.15, 0.2) is 18.5 Å². The zero-order valence-electron chi connectivity index (χ0n) is 6.63. The van der Waals surface area contributed by atoms with Gasteiger partial charge in [0.05, 0.1) is 11.8 Å². The molecule has 4 nitrogen and oxygen atoms in total. The summed E-state index contributed by atoms with van der Waals surface area (Å²) in [4.78, 5) is 6.61. The molecule has 0 radical (unpaired) electrons. The molecule has 0 amide bonds. The van der Waals surface area contributed by atoms with E-state index in [1.54, 1.807) is 12.3 Å². The van der Waals surface area contributed by atoms with Crippen molar-refractivity contribution in [2.24, 2.45) is 5.73 Å². The minimum atomic E-state index is -0.570. The summed E-state index contributed by atoms with van der Waals surface area (Å²) in [6.07, 6.45) is 2.68. The monoisotopic (exact) mass is 178 g/mol. The van der Waals surface area contributed by atoms with Crippen LogP contribution < -0.4 is 5.73 Å². The number of nitrogens with one attached hydrogen (secondary N) is 2. The number of hydrogen-bond acceptors (Lipinski definition) is 2. The van der Waals surface area contributed by atoms with Crippen LogP contribution in [0, 0.1) is 11.2 Å². The van der Waals surface area contributed by atoms with Crippen molar-refractivity contribution < 1.29 is 4.39 Å². The van der Waals surface area contributed by atoms with E-state index in [0.717, 1.165) is 6.20 Å². The van der Waals surface area contributed by atoms with Crippen LogP contribution in [-0.4, -0.2) is 15.8 Å². The van der Waals surface area contributed by atoms with Gasteiger partial charge in [-0.25, -0.2) is 9.37 Å². The first-order valence-corrected chi connectivity index (χ1v) is 3.66. The van der Waals surface area contributed by atoms with Crippen molar-refractivity contribution in [3.8, 4) is 0 Å². The molecule has 0 atom stereocenters. The highest BCUT2D eigenvalue weighted by atomic mass is 19.1. The van der Waals surface area contributed by atoms with Crippen molar-refractivity contribution in [3.05, 3.63) is 29.8 Å². The molecule has 0 aliphatic heterocycles. The fourth-order valence-electron chi connectivity index (χ4n) is 1.26. The predicted molar refractivity (Wildman–Crippen MR) is 47.1 cm³/mol. The number of aromatic nitrogens is 2. The molecule has 2 aromatic rings. The van der Waals surface area contributed by atoms with Gasteiger partial charge >= 0.3 is 0 Å². The third kappa shape index (κ3) is 1.05. The molecule has 2 heterocycles. The highest BCUT2D eigenvalue weighted by Gasteiger charge is 2.11. The second-order valence-corrected chi connectivity index (χ2v) is 2.63. The Balaban J connectivity index is 2.88. The van der Waals surface area contributed by atoms with Crippen molar-refractivity contribution in [1.29, 1.82) is 5.41 Å². The van der Waals surface area contributed by atoms with Crippen molar-refractivity contribution >= 4 is 16.9 Å². The number of nitrogens with zero attached hydrogens (tertiary/aromatic N) is 1. The number of amidine groups is 1. The molecule has 2 aromatic heterocycles. The van der Waals surface area contributed by atoms with E-state index in [0.29, 0.717) is 11.0 Å². The molecule has 13 heavy (non-hydrogen) atoms. The normalized spacial score (nSPS) is 10.5. The summed E-state index contributed by atoms with van der Waals surface area (Å²) in [6.45, 7) is 0. The number of rotatable bonds is 1. The third-order valence-electron chi connectivity index (χ3n) is 1.81. The number of fused-ring (bicyclic) bond motifs is 1. The van der Waals surface area contributed by atoms with E-state index in [9.17, 15) is 4.39 Å². The van der Waals surface area contributed by atoms with Crippen molar-refractivity contribution in [2.75, 3.05) is 0 Å². The number of pyridine rings is 1. The van der Waals surface area contributed by atoms with E-state index in [2.05, 4.69) is 9.97 Å². The van der Waals surface area contributed by atoms with Crippen LogP contribution in [0.5, 0.6) is 0 Å². The zero-order valence-corrected chi connectivity index (χ0v) is 6.63. The van der Waals surface area contributed by atoms with Gasteiger partial charge in [-0.15, -0.1) is 0 Å². The molecule has 66 valence electrons. The van der Waals surface area contributed by atoms with Crippen molar-refractivity contribution in [1.82, 2.24) is 9.97 Å². The number of nitrogens with two attached hydrogens (primary N) is 1. The highest BCUT2D eigenvalue weighted by molar-refractivity contribution is 6.06. The minimum Gasteiger partial charge on any atom is -0.384 e. The molecule has 4 N–H and O–H groups in total. The summed E-state index contributed by atoms with van der Waals surface area (Å²) in [6, 6.07) is 1.64. The van der Waals surface area contributed by atoms with Crippen molar-refractivity contribution in [3.63, 3.8) is 0 Å². The molecule has 0 aliphatic carbocycles. The maximum absolute atomic E-state index is 13.2. The van der Waals surface area contributed by atoms with Crippen LogP contribution >= 0.6 is 0 Å². The minimum absolute atomic E-state index is 0.103. The molecule has 0 unspecified atom stereocenters. The number of H-pyrrole nitrogens is 1. The Kier molecular flexibility index (Phi) is 1.51. The summed E-state index contributed by atoms with van der Waals surface area (Å²) < 4.78 is 13.2. The van der Waals surface area contributed by atoms with Gasteiger partial charge in [-0.3, -0.25) is 5.41 Å². The maximum Gasteiger partial charge on any atom is 0.153 e. The fourth-order valence-corrected chi connectivity index (χ4v) is 1.26. The zero-order chi connectivity index (χ0) is 9.42. The number of hydrogen-bond donors (Lipinski definition) is 3.